The van der Waals surface area contributed by atoms with E-state index in [1.165, 1.54) is 16.8 Å². The van der Waals surface area contributed by atoms with Crippen molar-refractivity contribution in [1.82, 2.24) is 14.8 Å². The molecule has 1 aromatic heterocycles. The maximum Gasteiger partial charge on any atom is 0.231 e. The summed E-state index contributed by atoms with van der Waals surface area (Å²) in [5.74, 6) is 1.65. The summed E-state index contributed by atoms with van der Waals surface area (Å²) >= 11 is 1.72. The lowest BCUT2D eigenvalue weighted by Gasteiger charge is -2.24. The number of nitrogens with zero attached hydrogens (tertiary/aromatic N) is 3. The minimum absolute atomic E-state index is 0.137. The molecule has 5 nitrogen and oxygen atoms in total. The third-order valence-electron chi connectivity index (χ3n) is 3.91. The molecule has 0 bridgehead atoms. The van der Waals surface area contributed by atoms with E-state index in [1.807, 2.05) is 0 Å². The number of nitrogens with one attached hydrogen (secondary N) is 1. The molecule has 1 aliphatic rings. The van der Waals surface area contributed by atoms with Gasteiger partial charge in [0.15, 0.2) is 11.4 Å². The van der Waals surface area contributed by atoms with Crippen LogP contribution in [-0.2, 0) is 10.5 Å². The average molecular weight is 330 g/mol. The molecule has 0 spiro atoms. The first-order chi connectivity index (χ1) is 11.2. The summed E-state index contributed by atoms with van der Waals surface area (Å²) in [5, 5.41) is 12.8. The Bertz CT molecular complexity index is 710. The normalized spacial score (nSPS) is 16.7. The Morgan fingerprint density at radius 3 is 2.87 bits per heavy atom. The zero-order chi connectivity index (χ0) is 16.2. The van der Waals surface area contributed by atoms with E-state index in [4.69, 9.17) is 4.74 Å². The molecule has 0 fully saturated rings. The van der Waals surface area contributed by atoms with E-state index in [-0.39, 0.29) is 6.23 Å². The lowest BCUT2D eigenvalue weighted by atomic mass is 10.1. The van der Waals surface area contributed by atoms with Crippen molar-refractivity contribution in [2.24, 2.45) is 0 Å². The van der Waals surface area contributed by atoms with Gasteiger partial charge < -0.3 is 10.1 Å². The molecule has 1 N–H and O–H groups in total. The van der Waals surface area contributed by atoms with Crippen molar-refractivity contribution < 1.29 is 4.74 Å². The first-order valence-electron chi connectivity index (χ1n) is 7.86. The lowest BCUT2D eigenvalue weighted by Crippen LogP contribution is -2.26. The standard InChI is InChI=1S/C17H22N4OS/c1-4-7-14-10-15(22-3)18-16-19-20-17(21(14)16)23-11-13-9-6-5-8-12(13)2/h5-6,8-10,15H,4,7,11H2,1-3H3,(H,18,19). The fraction of sp³-hybridized carbons (Fsp3) is 0.412. The van der Waals surface area contributed by atoms with Crippen LogP contribution in [0.3, 0.4) is 0 Å². The van der Waals surface area contributed by atoms with Gasteiger partial charge in [-0.05, 0) is 30.5 Å². The maximum absolute atomic E-state index is 5.40. The smallest absolute Gasteiger partial charge is 0.231 e. The first-order valence-corrected chi connectivity index (χ1v) is 8.84. The van der Waals surface area contributed by atoms with E-state index < -0.39 is 0 Å². The number of aryl methyl sites for hydroxylation is 1. The number of hydrogen-bond donors (Lipinski definition) is 1. The summed E-state index contributed by atoms with van der Waals surface area (Å²) in [6.07, 6.45) is 4.02. The molecule has 122 valence electrons. The van der Waals surface area contributed by atoms with E-state index in [0.29, 0.717) is 0 Å². The second kappa shape index (κ2) is 7.19. The SMILES string of the molecule is CCCC1=CC(OC)Nc2nnc(SCc3ccccc3C)n21. The molecule has 3 rings (SSSR count). The van der Waals surface area contributed by atoms with Crippen molar-refractivity contribution >= 4 is 23.4 Å². The van der Waals surface area contributed by atoms with E-state index in [1.54, 1.807) is 18.9 Å². The Labute approximate surface area is 141 Å². The molecule has 2 aromatic rings. The Kier molecular flexibility index (Phi) is 5.03. The predicted molar refractivity (Wildman–Crippen MR) is 94.4 cm³/mol. The Morgan fingerprint density at radius 1 is 1.30 bits per heavy atom. The third-order valence-corrected chi connectivity index (χ3v) is 4.89. The Morgan fingerprint density at radius 2 is 2.13 bits per heavy atom. The molecule has 0 radical (unpaired) electrons. The van der Waals surface area contributed by atoms with Crippen molar-refractivity contribution in [1.29, 1.82) is 0 Å². The van der Waals surface area contributed by atoms with Gasteiger partial charge in [0.25, 0.3) is 0 Å². The number of methoxy groups -OCH3 is 1. The summed E-state index contributed by atoms with van der Waals surface area (Å²) in [6.45, 7) is 4.32. The molecule has 2 heterocycles. The van der Waals surface area contributed by atoms with Gasteiger partial charge in [0.05, 0.1) is 0 Å². The van der Waals surface area contributed by atoms with E-state index in [2.05, 4.69) is 64.3 Å². The lowest BCUT2D eigenvalue weighted by molar-refractivity contribution is 0.160. The third kappa shape index (κ3) is 3.43. The Hall–Kier alpha value is -1.79. The molecule has 0 aliphatic carbocycles. The van der Waals surface area contributed by atoms with Crippen molar-refractivity contribution in [2.75, 3.05) is 12.4 Å². The number of thioether (sulfide) groups is 1. The number of rotatable bonds is 6. The molecule has 0 amide bonds. The second-order valence-electron chi connectivity index (χ2n) is 5.57. The van der Waals surface area contributed by atoms with Crippen LogP contribution in [0.1, 0.15) is 30.9 Å². The predicted octanol–water partition coefficient (Wildman–Crippen LogP) is 3.92. The number of benzene rings is 1. The van der Waals surface area contributed by atoms with Crippen LogP contribution in [0.25, 0.3) is 5.70 Å². The Balaban J connectivity index is 1.83. The molecule has 0 saturated heterocycles. The molecule has 23 heavy (non-hydrogen) atoms. The van der Waals surface area contributed by atoms with Gasteiger partial charge in [0.1, 0.15) is 0 Å². The molecule has 1 atom stereocenters. The van der Waals surface area contributed by atoms with Gasteiger partial charge in [0, 0.05) is 18.6 Å². The molecular weight excluding hydrogens is 308 g/mol. The average Bonchev–Trinajstić information content (AvgIpc) is 2.97. The van der Waals surface area contributed by atoms with Crippen LogP contribution >= 0.6 is 11.8 Å². The molecule has 1 aromatic carbocycles. The van der Waals surface area contributed by atoms with Crippen molar-refractivity contribution in [3.8, 4) is 0 Å². The minimum atomic E-state index is -0.137. The van der Waals surface area contributed by atoms with Crippen LogP contribution in [0.2, 0.25) is 0 Å². The number of allylic oxidation sites excluding steroid dienone is 1. The quantitative estimate of drug-likeness (QED) is 0.814. The van der Waals surface area contributed by atoms with Gasteiger partial charge in [-0.1, -0.05) is 49.4 Å². The van der Waals surface area contributed by atoms with Crippen LogP contribution in [0.4, 0.5) is 5.95 Å². The number of anilines is 1. The summed E-state index contributed by atoms with van der Waals surface area (Å²) in [7, 11) is 1.69. The highest BCUT2D eigenvalue weighted by molar-refractivity contribution is 7.98. The second-order valence-corrected chi connectivity index (χ2v) is 6.51. The van der Waals surface area contributed by atoms with Gasteiger partial charge in [-0.15, -0.1) is 10.2 Å². The number of aromatic nitrogens is 3. The van der Waals surface area contributed by atoms with Crippen LogP contribution in [0, 0.1) is 6.92 Å². The highest BCUT2D eigenvalue weighted by atomic mass is 32.2. The van der Waals surface area contributed by atoms with Gasteiger partial charge in [-0.2, -0.15) is 0 Å². The topological polar surface area (TPSA) is 52.0 Å². The van der Waals surface area contributed by atoms with Crippen LogP contribution < -0.4 is 5.32 Å². The largest absolute Gasteiger partial charge is 0.358 e. The van der Waals surface area contributed by atoms with E-state index in [9.17, 15) is 0 Å². The fourth-order valence-corrected chi connectivity index (χ4v) is 3.67. The van der Waals surface area contributed by atoms with Gasteiger partial charge in [-0.3, -0.25) is 4.57 Å². The summed E-state index contributed by atoms with van der Waals surface area (Å²) in [5.41, 5.74) is 3.83. The van der Waals surface area contributed by atoms with Gasteiger partial charge in [-0.25, -0.2) is 0 Å². The first kappa shape index (κ1) is 16.1. The number of fused-ring (bicyclic) bond motifs is 1. The van der Waals surface area contributed by atoms with Crippen LogP contribution in [0.5, 0.6) is 0 Å². The zero-order valence-corrected chi connectivity index (χ0v) is 14.6. The maximum atomic E-state index is 5.40. The van der Waals surface area contributed by atoms with Crippen LogP contribution in [0.15, 0.2) is 35.5 Å². The highest BCUT2D eigenvalue weighted by Gasteiger charge is 2.23. The zero-order valence-electron chi connectivity index (χ0n) is 13.7. The van der Waals surface area contributed by atoms with Crippen molar-refractivity contribution in [2.45, 2.75) is 43.8 Å². The van der Waals surface area contributed by atoms with Crippen LogP contribution in [-0.4, -0.2) is 28.1 Å². The van der Waals surface area contributed by atoms with Gasteiger partial charge in [0.2, 0.25) is 5.95 Å². The minimum Gasteiger partial charge on any atom is -0.358 e. The number of hydrogen-bond acceptors (Lipinski definition) is 5. The van der Waals surface area contributed by atoms with E-state index in [0.717, 1.165) is 29.7 Å². The van der Waals surface area contributed by atoms with Crippen molar-refractivity contribution in [3.05, 3.63) is 41.5 Å². The molecule has 1 aliphatic heterocycles. The number of ether oxygens (including phenoxy) is 1. The summed E-state index contributed by atoms with van der Waals surface area (Å²) in [4.78, 5) is 0. The molecule has 1 unspecified atom stereocenters. The molecule has 6 heteroatoms. The molecule has 0 saturated carbocycles. The monoisotopic (exact) mass is 330 g/mol. The van der Waals surface area contributed by atoms with Crippen molar-refractivity contribution in [3.63, 3.8) is 0 Å². The van der Waals surface area contributed by atoms with Gasteiger partial charge >= 0.3 is 0 Å². The summed E-state index contributed by atoms with van der Waals surface area (Å²) < 4.78 is 7.52. The highest BCUT2D eigenvalue weighted by Crippen LogP contribution is 2.32. The summed E-state index contributed by atoms with van der Waals surface area (Å²) in [6, 6.07) is 8.45. The fourth-order valence-electron chi connectivity index (χ4n) is 2.63. The van der Waals surface area contributed by atoms with E-state index >= 15 is 0 Å². The molecular formula is C17H22N4OS.